The molecule has 0 nitrogen and oxygen atoms in total. The molecule has 0 heteroatoms. The second kappa shape index (κ2) is 10.4. The van der Waals surface area contributed by atoms with Crippen molar-refractivity contribution in [3.8, 4) is 55.6 Å². The Morgan fingerprint density at radius 2 is 0.720 bits per heavy atom. The molecule has 238 valence electrons. The molecule has 0 atom stereocenters. The minimum atomic E-state index is -0.103. The van der Waals surface area contributed by atoms with Crippen LogP contribution in [-0.2, 0) is 10.8 Å². The minimum absolute atomic E-state index is 0.0120. The lowest BCUT2D eigenvalue weighted by Crippen LogP contribution is -2.17. The molecule has 2 aliphatic carbocycles. The zero-order chi connectivity index (χ0) is 33.8. The van der Waals surface area contributed by atoms with E-state index in [0.29, 0.717) is 0 Å². The molecule has 0 bridgehead atoms. The third-order valence-electron chi connectivity index (χ3n) is 11.9. The summed E-state index contributed by atoms with van der Waals surface area (Å²) in [5.74, 6) is 0. The van der Waals surface area contributed by atoms with Gasteiger partial charge in [-0.05, 0) is 124 Å². The summed E-state index contributed by atoms with van der Waals surface area (Å²) < 4.78 is 0. The summed E-state index contributed by atoms with van der Waals surface area (Å²) in [5, 5.41) is 5.13. The van der Waals surface area contributed by atoms with Crippen LogP contribution in [0.2, 0.25) is 0 Å². The smallest absolute Gasteiger partial charge is 0.0159 e. The lowest BCUT2D eigenvalue weighted by atomic mass is 9.79. The summed E-state index contributed by atoms with van der Waals surface area (Å²) in [6, 6.07) is 59.1. The molecule has 2 aliphatic rings. The first-order chi connectivity index (χ1) is 24.3. The molecule has 8 aromatic rings. The van der Waals surface area contributed by atoms with E-state index in [0.717, 1.165) is 0 Å². The highest BCUT2D eigenvalue weighted by molar-refractivity contribution is 6.21. The third-order valence-corrected chi connectivity index (χ3v) is 11.9. The van der Waals surface area contributed by atoms with Gasteiger partial charge in [-0.3, -0.25) is 0 Å². The summed E-state index contributed by atoms with van der Waals surface area (Å²) in [5.41, 5.74) is 18.7. The fourth-order valence-corrected chi connectivity index (χ4v) is 9.32. The summed E-state index contributed by atoms with van der Waals surface area (Å²) in [7, 11) is 0. The molecule has 10 rings (SSSR count). The highest BCUT2D eigenvalue weighted by Crippen LogP contribution is 2.56. The Balaban J connectivity index is 1.12. The van der Waals surface area contributed by atoms with Crippen LogP contribution < -0.4 is 0 Å². The summed E-state index contributed by atoms with van der Waals surface area (Å²) in [6.45, 7) is 9.57. The largest absolute Gasteiger partial charge is 0.0622 e. The van der Waals surface area contributed by atoms with Crippen molar-refractivity contribution in [1.29, 1.82) is 0 Å². The molecule has 0 heterocycles. The van der Waals surface area contributed by atoms with E-state index < -0.39 is 0 Å². The van der Waals surface area contributed by atoms with Gasteiger partial charge in [-0.15, -0.1) is 0 Å². The van der Waals surface area contributed by atoms with E-state index in [2.05, 4.69) is 185 Å². The van der Waals surface area contributed by atoms with Crippen LogP contribution in [0.4, 0.5) is 0 Å². The van der Waals surface area contributed by atoms with Crippen molar-refractivity contribution in [3.05, 3.63) is 180 Å². The van der Waals surface area contributed by atoms with Gasteiger partial charge in [-0.1, -0.05) is 161 Å². The predicted molar refractivity (Wildman–Crippen MR) is 213 cm³/mol. The van der Waals surface area contributed by atoms with Crippen molar-refractivity contribution in [2.45, 2.75) is 38.5 Å². The molecule has 0 spiro atoms. The molecular weight excluding hydrogens is 601 g/mol. The Bertz CT molecular complexity index is 2630. The van der Waals surface area contributed by atoms with E-state index >= 15 is 0 Å². The SMILES string of the molecule is CC1(C)c2ccccc2-c2cc3c(cc21)-c1ccc(-c2cccc(-c4c5ccccc5c(-c5ccccc5)c5ccccc45)c2)cc1C3(C)C. The van der Waals surface area contributed by atoms with Crippen molar-refractivity contribution in [1.82, 2.24) is 0 Å². The second-order valence-corrected chi connectivity index (χ2v) is 15.3. The Morgan fingerprint density at radius 1 is 0.280 bits per heavy atom. The van der Waals surface area contributed by atoms with Crippen LogP contribution in [0.3, 0.4) is 0 Å². The molecule has 8 aromatic carbocycles. The maximum atomic E-state index is 2.51. The summed E-state index contributed by atoms with van der Waals surface area (Å²) in [4.78, 5) is 0. The Kier molecular flexibility index (Phi) is 6.07. The number of hydrogen-bond donors (Lipinski definition) is 0. The van der Waals surface area contributed by atoms with E-state index in [-0.39, 0.29) is 10.8 Å². The first-order valence-electron chi connectivity index (χ1n) is 17.9. The molecule has 0 radical (unpaired) electrons. The molecule has 0 N–H and O–H groups in total. The first kappa shape index (κ1) is 29.2. The van der Waals surface area contributed by atoms with E-state index in [4.69, 9.17) is 0 Å². The average molecular weight is 639 g/mol. The monoisotopic (exact) mass is 638 g/mol. The zero-order valence-corrected chi connectivity index (χ0v) is 29.0. The standard InChI is InChI=1S/C50H38/c1-49(2)43-24-13-12-19-35(43)41-29-46-42(30-45(41)49)36-26-25-33(28-44(36)50(46,3)4)32-17-14-18-34(27-32)48-39-22-10-8-20-37(39)47(31-15-6-5-7-16-31)38-21-9-11-23-40(38)48/h5-30H,1-4H3. The molecule has 0 saturated carbocycles. The van der Waals surface area contributed by atoms with Crippen molar-refractivity contribution in [2.75, 3.05) is 0 Å². The van der Waals surface area contributed by atoms with Gasteiger partial charge in [0.05, 0.1) is 0 Å². The number of fused-ring (bicyclic) bond motifs is 8. The number of rotatable bonds is 3. The highest BCUT2D eigenvalue weighted by Gasteiger charge is 2.41. The average Bonchev–Trinajstić information content (AvgIpc) is 3.52. The molecule has 50 heavy (non-hydrogen) atoms. The molecule has 0 aromatic heterocycles. The lowest BCUT2D eigenvalue weighted by molar-refractivity contribution is 0.652. The Morgan fingerprint density at radius 3 is 1.36 bits per heavy atom. The van der Waals surface area contributed by atoms with E-state index in [9.17, 15) is 0 Å². The van der Waals surface area contributed by atoms with Crippen LogP contribution in [0.25, 0.3) is 77.2 Å². The predicted octanol–water partition coefficient (Wildman–Crippen LogP) is 13.6. The zero-order valence-electron chi connectivity index (χ0n) is 29.0. The van der Waals surface area contributed by atoms with Crippen LogP contribution in [-0.4, -0.2) is 0 Å². The number of hydrogen-bond acceptors (Lipinski definition) is 0. The van der Waals surface area contributed by atoms with E-state index in [1.54, 1.807) is 0 Å². The van der Waals surface area contributed by atoms with Crippen LogP contribution in [0.5, 0.6) is 0 Å². The topological polar surface area (TPSA) is 0 Å². The lowest BCUT2D eigenvalue weighted by Gasteiger charge is -2.24. The second-order valence-electron chi connectivity index (χ2n) is 15.3. The molecule has 0 amide bonds. The molecular formula is C50H38. The van der Waals surface area contributed by atoms with E-state index in [1.807, 2.05) is 0 Å². The molecule has 0 aliphatic heterocycles. The fraction of sp³-hybridized carbons (Fsp3) is 0.120. The van der Waals surface area contributed by atoms with Crippen molar-refractivity contribution < 1.29 is 0 Å². The third kappa shape index (κ3) is 4.00. The van der Waals surface area contributed by atoms with Crippen molar-refractivity contribution >= 4 is 21.5 Å². The highest BCUT2D eigenvalue weighted by atomic mass is 14.4. The van der Waals surface area contributed by atoms with Gasteiger partial charge >= 0.3 is 0 Å². The van der Waals surface area contributed by atoms with Gasteiger partial charge in [0, 0.05) is 10.8 Å². The molecule has 0 unspecified atom stereocenters. The van der Waals surface area contributed by atoms with Crippen molar-refractivity contribution in [2.24, 2.45) is 0 Å². The quantitative estimate of drug-likeness (QED) is 0.169. The summed E-state index contributed by atoms with van der Waals surface area (Å²) >= 11 is 0. The number of benzene rings is 8. The van der Waals surface area contributed by atoms with Gasteiger partial charge in [-0.2, -0.15) is 0 Å². The fourth-order valence-electron chi connectivity index (χ4n) is 9.32. The van der Waals surface area contributed by atoms with Crippen LogP contribution in [0, 0.1) is 0 Å². The van der Waals surface area contributed by atoms with Crippen molar-refractivity contribution in [3.63, 3.8) is 0 Å². The first-order valence-corrected chi connectivity index (χ1v) is 17.9. The Hall–Kier alpha value is -5.72. The molecule has 0 fully saturated rings. The van der Waals surface area contributed by atoms with Crippen LogP contribution in [0.1, 0.15) is 49.9 Å². The van der Waals surface area contributed by atoms with Gasteiger partial charge in [0.25, 0.3) is 0 Å². The van der Waals surface area contributed by atoms with Crippen LogP contribution >= 0.6 is 0 Å². The maximum Gasteiger partial charge on any atom is 0.0159 e. The summed E-state index contributed by atoms with van der Waals surface area (Å²) in [6.07, 6.45) is 0. The van der Waals surface area contributed by atoms with E-state index in [1.165, 1.54) is 99.4 Å². The van der Waals surface area contributed by atoms with Crippen LogP contribution in [0.15, 0.2) is 158 Å². The van der Waals surface area contributed by atoms with Gasteiger partial charge in [0.2, 0.25) is 0 Å². The molecule has 0 saturated heterocycles. The van der Waals surface area contributed by atoms with Gasteiger partial charge in [-0.25, -0.2) is 0 Å². The van der Waals surface area contributed by atoms with Gasteiger partial charge < -0.3 is 0 Å². The maximum absolute atomic E-state index is 2.51. The van der Waals surface area contributed by atoms with Gasteiger partial charge in [0.1, 0.15) is 0 Å². The minimum Gasteiger partial charge on any atom is -0.0622 e. The van der Waals surface area contributed by atoms with Gasteiger partial charge in [0.15, 0.2) is 0 Å². The Labute approximate surface area is 294 Å². The normalized spacial score (nSPS) is 14.7.